The molecule has 2 atom stereocenters. The minimum atomic E-state index is -0.635. The number of nitrogens with zero attached hydrogens (tertiary/aromatic N) is 4. The van der Waals surface area contributed by atoms with Gasteiger partial charge in [0, 0.05) is 31.4 Å². The Balaban J connectivity index is 1.50. The monoisotopic (exact) mass is 492 g/mol. The Morgan fingerprint density at radius 3 is 2.58 bits per heavy atom. The normalized spacial score (nSPS) is 21.0. The molecule has 0 unspecified atom stereocenters. The number of aromatic nitrogens is 1. The summed E-state index contributed by atoms with van der Waals surface area (Å²) in [5, 5.41) is 2.74. The van der Waals surface area contributed by atoms with E-state index in [2.05, 4.69) is 65.4 Å². The summed E-state index contributed by atoms with van der Waals surface area (Å²) in [6, 6.07) is 10.8. The number of carbonyl (C=O) groups excluding carboxylic acids is 2. The molecule has 2 fully saturated rings. The SMILES string of the molecule is CCc1cc(NC(=O)C(=O)N2C[C@@H](C)CC[C@@H]2c2cccc(N3CCC(N(C)C)CC3)c2)cnc1N. The third-order valence-electron chi connectivity index (χ3n) is 7.73. The first-order chi connectivity index (χ1) is 17.3. The number of pyridine rings is 1. The molecule has 194 valence electrons. The van der Waals surface area contributed by atoms with Gasteiger partial charge in [0.05, 0.1) is 17.9 Å². The molecule has 1 aromatic carbocycles. The van der Waals surface area contributed by atoms with Crippen molar-refractivity contribution in [1.29, 1.82) is 0 Å². The summed E-state index contributed by atoms with van der Waals surface area (Å²) in [5.41, 5.74) is 9.51. The van der Waals surface area contributed by atoms with Crippen LogP contribution in [0.4, 0.5) is 17.2 Å². The number of hydrogen-bond donors (Lipinski definition) is 2. The summed E-state index contributed by atoms with van der Waals surface area (Å²) < 4.78 is 0. The van der Waals surface area contributed by atoms with Crippen molar-refractivity contribution in [2.75, 3.05) is 49.7 Å². The van der Waals surface area contributed by atoms with Gasteiger partial charge in [-0.25, -0.2) is 4.98 Å². The smallest absolute Gasteiger partial charge is 0.313 e. The molecule has 2 aromatic rings. The molecule has 2 amide bonds. The lowest BCUT2D eigenvalue weighted by molar-refractivity contribution is -0.146. The molecule has 1 aromatic heterocycles. The molecule has 0 radical (unpaired) electrons. The lowest BCUT2D eigenvalue weighted by Gasteiger charge is -2.39. The van der Waals surface area contributed by atoms with Gasteiger partial charge in [-0.15, -0.1) is 0 Å². The first-order valence-electron chi connectivity index (χ1n) is 13.1. The van der Waals surface area contributed by atoms with E-state index in [0.29, 0.717) is 36.4 Å². The molecule has 3 N–H and O–H groups in total. The Kier molecular flexibility index (Phi) is 8.14. The number of nitrogens with one attached hydrogen (secondary N) is 1. The number of nitrogens with two attached hydrogens (primary N) is 1. The van der Waals surface area contributed by atoms with Crippen LogP contribution in [0.5, 0.6) is 0 Å². The first-order valence-corrected chi connectivity index (χ1v) is 13.1. The van der Waals surface area contributed by atoms with Gasteiger partial charge in [0.15, 0.2) is 0 Å². The third-order valence-corrected chi connectivity index (χ3v) is 7.73. The van der Waals surface area contributed by atoms with E-state index in [1.54, 1.807) is 11.0 Å². The van der Waals surface area contributed by atoms with E-state index in [-0.39, 0.29) is 6.04 Å². The standard InChI is InChI=1S/C28H40N6O2/c1-5-20-15-22(17-30-26(20)29)31-27(35)28(36)34-18-19(2)9-10-25(34)21-7-6-8-24(16-21)33-13-11-23(12-14-33)32(3)4/h6-8,15-17,19,23,25H,5,9-14,18H2,1-4H3,(H2,29,30)(H,31,35)/t19-,25+/m0/s1. The van der Waals surface area contributed by atoms with Crippen molar-refractivity contribution in [3.05, 3.63) is 47.7 Å². The molecule has 36 heavy (non-hydrogen) atoms. The number of rotatable bonds is 5. The van der Waals surface area contributed by atoms with E-state index in [1.807, 2.05) is 6.92 Å². The number of hydrogen-bond acceptors (Lipinski definition) is 6. The van der Waals surface area contributed by atoms with Crippen molar-refractivity contribution in [2.24, 2.45) is 5.92 Å². The summed E-state index contributed by atoms with van der Waals surface area (Å²) >= 11 is 0. The van der Waals surface area contributed by atoms with Crippen molar-refractivity contribution in [3.63, 3.8) is 0 Å². The van der Waals surface area contributed by atoms with Crippen LogP contribution in [0.25, 0.3) is 0 Å². The maximum Gasteiger partial charge on any atom is 0.313 e. The van der Waals surface area contributed by atoms with E-state index in [9.17, 15) is 9.59 Å². The van der Waals surface area contributed by atoms with E-state index < -0.39 is 11.8 Å². The van der Waals surface area contributed by atoms with Gasteiger partial charge >= 0.3 is 11.8 Å². The molecule has 0 aliphatic carbocycles. The number of piperidine rings is 2. The van der Waals surface area contributed by atoms with Crippen LogP contribution < -0.4 is 16.0 Å². The Morgan fingerprint density at radius 1 is 1.14 bits per heavy atom. The van der Waals surface area contributed by atoms with Gasteiger partial charge < -0.3 is 25.8 Å². The lowest BCUT2D eigenvalue weighted by Crippen LogP contribution is -2.46. The van der Waals surface area contributed by atoms with Crippen molar-refractivity contribution in [1.82, 2.24) is 14.8 Å². The second-order valence-electron chi connectivity index (χ2n) is 10.5. The molecular formula is C28H40N6O2. The summed E-state index contributed by atoms with van der Waals surface area (Å²) in [7, 11) is 4.30. The highest BCUT2D eigenvalue weighted by atomic mass is 16.2. The highest BCUT2D eigenvalue weighted by molar-refractivity contribution is 6.39. The zero-order valence-electron chi connectivity index (χ0n) is 22.0. The van der Waals surface area contributed by atoms with Crippen molar-refractivity contribution in [2.45, 2.75) is 58.0 Å². The van der Waals surface area contributed by atoms with Gasteiger partial charge in [0.2, 0.25) is 0 Å². The Bertz CT molecular complexity index is 1080. The third kappa shape index (κ3) is 5.81. The number of nitrogen functional groups attached to an aromatic ring is 1. The number of amides is 2. The van der Waals surface area contributed by atoms with Crippen LogP contribution in [0.1, 0.15) is 56.7 Å². The van der Waals surface area contributed by atoms with Crippen LogP contribution in [-0.4, -0.2) is 66.4 Å². The van der Waals surface area contributed by atoms with Crippen LogP contribution in [0.15, 0.2) is 36.5 Å². The first kappa shape index (κ1) is 25.9. The molecule has 0 bridgehead atoms. The maximum absolute atomic E-state index is 13.4. The van der Waals surface area contributed by atoms with E-state index >= 15 is 0 Å². The van der Waals surface area contributed by atoms with Gasteiger partial charge in [0.1, 0.15) is 5.82 Å². The zero-order chi connectivity index (χ0) is 25.8. The van der Waals surface area contributed by atoms with Crippen LogP contribution in [0.3, 0.4) is 0 Å². The Hall–Kier alpha value is -3.13. The molecule has 4 rings (SSSR count). The second kappa shape index (κ2) is 11.3. The molecule has 0 saturated carbocycles. The van der Waals surface area contributed by atoms with Gasteiger partial charge in [-0.2, -0.15) is 0 Å². The highest BCUT2D eigenvalue weighted by Gasteiger charge is 2.34. The minimum absolute atomic E-state index is 0.116. The lowest BCUT2D eigenvalue weighted by atomic mass is 9.89. The van der Waals surface area contributed by atoms with Gasteiger partial charge in [-0.1, -0.05) is 26.0 Å². The molecule has 2 aliphatic heterocycles. The van der Waals surface area contributed by atoms with Crippen molar-refractivity contribution < 1.29 is 9.59 Å². The number of likely N-dealkylation sites (tertiary alicyclic amines) is 1. The topological polar surface area (TPSA) is 94.8 Å². The van der Waals surface area contributed by atoms with E-state index in [1.165, 1.54) is 11.9 Å². The average molecular weight is 493 g/mol. The van der Waals surface area contributed by atoms with Crippen LogP contribution >= 0.6 is 0 Å². The largest absolute Gasteiger partial charge is 0.383 e. The fourth-order valence-corrected chi connectivity index (χ4v) is 5.48. The number of carbonyl (C=O) groups is 2. The second-order valence-corrected chi connectivity index (χ2v) is 10.5. The average Bonchev–Trinajstić information content (AvgIpc) is 2.89. The Morgan fingerprint density at radius 2 is 1.89 bits per heavy atom. The molecule has 2 aliphatic rings. The predicted molar refractivity (Wildman–Crippen MR) is 145 cm³/mol. The van der Waals surface area contributed by atoms with Crippen LogP contribution in [0.2, 0.25) is 0 Å². The molecule has 8 heteroatoms. The maximum atomic E-state index is 13.4. The number of benzene rings is 1. The molecular weight excluding hydrogens is 452 g/mol. The molecule has 2 saturated heterocycles. The minimum Gasteiger partial charge on any atom is -0.383 e. The van der Waals surface area contributed by atoms with E-state index in [4.69, 9.17) is 5.73 Å². The molecule has 8 nitrogen and oxygen atoms in total. The predicted octanol–water partition coefficient (Wildman–Crippen LogP) is 3.69. The van der Waals surface area contributed by atoms with Crippen LogP contribution in [-0.2, 0) is 16.0 Å². The van der Waals surface area contributed by atoms with Gasteiger partial charge in [0.25, 0.3) is 0 Å². The van der Waals surface area contributed by atoms with Gasteiger partial charge in [-0.3, -0.25) is 9.59 Å². The van der Waals surface area contributed by atoms with E-state index in [0.717, 1.165) is 49.9 Å². The zero-order valence-corrected chi connectivity index (χ0v) is 22.0. The Labute approximate surface area is 214 Å². The van der Waals surface area contributed by atoms with Gasteiger partial charge in [-0.05, 0) is 81.4 Å². The summed E-state index contributed by atoms with van der Waals surface area (Å²) in [6.45, 7) is 6.72. The fraction of sp³-hybridized carbons (Fsp3) is 0.536. The summed E-state index contributed by atoms with van der Waals surface area (Å²) in [5.74, 6) is -0.350. The van der Waals surface area contributed by atoms with Crippen molar-refractivity contribution >= 4 is 29.0 Å². The van der Waals surface area contributed by atoms with Crippen molar-refractivity contribution in [3.8, 4) is 0 Å². The summed E-state index contributed by atoms with van der Waals surface area (Å²) in [6.07, 6.45) is 6.35. The number of aryl methyl sites for hydroxylation is 1. The highest BCUT2D eigenvalue weighted by Crippen LogP contribution is 2.35. The molecule has 0 spiro atoms. The summed E-state index contributed by atoms with van der Waals surface area (Å²) in [4.78, 5) is 37.1. The number of anilines is 3. The quantitative estimate of drug-likeness (QED) is 0.618. The van der Waals surface area contributed by atoms with Crippen LogP contribution in [0, 0.1) is 5.92 Å². The molecule has 3 heterocycles. The fourth-order valence-electron chi connectivity index (χ4n) is 5.48.